The molecule has 86 valence electrons. The van der Waals surface area contributed by atoms with Crippen LogP contribution in [-0.2, 0) is 0 Å². The maximum atomic E-state index is 5.27. The van der Waals surface area contributed by atoms with Crippen molar-refractivity contribution in [3.05, 3.63) is 0 Å². The molecular formula is C10H26N4. The quantitative estimate of drug-likeness (QED) is 0.322. The summed E-state index contributed by atoms with van der Waals surface area (Å²) in [5.74, 6) is 6.20. The number of hydrazone groups is 1. The van der Waals surface area contributed by atoms with Crippen LogP contribution in [-0.4, -0.2) is 49.4 Å². The summed E-state index contributed by atoms with van der Waals surface area (Å²) in [7, 11) is 4.05. The van der Waals surface area contributed by atoms with Crippen LogP contribution >= 0.6 is 0 Å². The minimum absolute atomic E-state index is 0.817. The van der Waals surface area contributed by atoms with E-state index in [1.165, 1.54) is 0 Å². The van der Waals surface area contributed by atoms with Gasteiger partial charge in [0.1, 0.15) is 5.84 Å². The molecule has 0 atom stereocenters. The first kappa shape index (κ1) is 15.7. The molecule has 0 rings (SSSR count). The van der Waals surface area contributed by atoms with E-state index in [9.17, 15) is 0 Å². The summed E-state index contributed by atoms with van der Waals surface area (Å²) in [6, 6.07) is 0. The van der Waals surface area contributed by atoms with Crippen LogP contribution < -0.4 is 5.84 Å². The minimum Gasteiger partial charge on any atom is -0.361 e. The summed E-state index contributed by atoms with van der Waals surface area (Å²) in [6.07, 6.45) is 0. The molecule has 0 aromatic heterocycles. The Morgan fingerprint density at radius 1 is 1.14 bits per heavy atom. The molecule has 0 bridgehead atoms. The highest BCUT2D eigenvalue weighted by Crippen LogP contribution is 1.89. The maximum absolute atomic E-state index is 5.27. The largest absolute Gasteiger partial charge is 0.361 e. The van der Waals surface area contributed by atoms with Gasteiger partial charge in [0.2, 0.25) is 0 Å². The standard InChI is InChI=1S/C8H20N4.C2H6/c1-5-11(3)7-8(10-9)12(4)6-2;1-2/h5-7,9H2,1-4H3;1-2H3/b10-8-;. The summed E-state index contributed by atoms with van der Waals surface area (Å²) in [5, 5.41) is 3.75. The van der Waals surface area contributed by atoms with Crippen LogP contribution in [0.3, 0.4) is 0 Å². The Labute approximate surface area is 88.8 Å². The van der Waals surface area contributed by atoms with Gasteiger partial charge in [-0.3, -0.25) is 4.90 Å². The van der Waals surface area contributed by atoms with E-state index >= 15 is 0 Å². The molecule has 0 aliphatic heterocycles. The highest BCUT2D eigenvalue weighted by Gasteiger charge is 2.06. The molecule has 0 aliphatic carbocycles. The van der Waals surface area contributed by atoms with Gasteiger partial charge in [0.25, 0.3) is 0 Å². The first-order valence-electron chi connectivity index (χ1n) is 5.32. The molecule has 0 fully saturated rings. The second kappa shape index (κ2) is 10.3. The van der Waals surface area contributed by atoms with Crippen molar-refractivity contribution in [2.75, 3.05) is 33.7 Å². The molecule has 0 heterocycles. The van der Waals surface area contributed by atoms with E-state index in [-0.39, 0.29) is 0 Å². The maximum Gasteiger partial charge on any atom is 0.138 e. The van der Waals surface area contributed by atoms with Crippen LogP contribution in [0.2, 0.25) is 0 Å². The number of nitrogens with two attached hydrogens (primary N) is 1. The van der Waals surface area contributed by atoms with Gasteiger partial charge in [-0.15, -0.1) is 0 Å². The zero-order chi connectivity index (χ0) is 11.6. The van der Waals surface area contributed by atoms with Crippen LogP contribution in [0.4, 0.5) is 0 Å². The number of hydrogen-bond acceptors (Lipinski definition) is 3. The van der Waals surface area contributed by atoms with Gasteiger partial charge >= 0.3 is 0 Å². The fourth-order valence-corrected chi connectivity index (χ4v) is 0.796. The van der Waals surface area contributed by atoms with Crippen molar-refractivity contribution in [1.82, 2.24) is 9.80 Å². The molecular weight excluding hydrogens is 176 g/mol. The van der Waals surface area contributed by atoms with Crippen LogP contribution in [0.25, 0.3) is 0 Å². The first-order valence-corrected chi connectivity index (χ1v) is 5.32. The molecule has 0 saturated heterocycles. The Morgan fingerprint density at radius 2 is 1.64 bits per heavy atom. The lowest BCUT2D eigenvalue weighted by Gasteiger charge is -2.22. The Hall–Kier alpha value is -0.770. The average molecular weight is 202 g/mol. The fraction of sp³-hybridized carbons (Fsp3) is 0.900. The monoisotopic (exact) mass is 202 g/mol. The predicted octanol–water partition coefficient (Wildman–Crippen LogP) is 1.19. The first-order chi connectivity index (χ1) is 6.65. The zero-order valence-electron chi connectivity index (χ0n) is 10.5. The summed E-state index contributed by atoms with van der Waals surface area (Å²) >= 11 is 0. The Morgan fingerprint density at radius 3 is 1.93 bits per heavy atom. The number of amidine groups is 1. The molecule has 4 heteroatoms. The number of nitrogens with zero attached hydrogens (tertiary/aromatic N) is 3. The second-order valence-corrected chi connectivity index (χ2v) is 2.89. The van der Waals surface area contributed by atoms with Gasteiger partial charge in [-0.2, -0.15) is 5.10 Å². The normalized spacial score (nSPS) is 10.9. The lowest BCUT2D eigenvalue weighted by molar-refractivity contribution is 0.380. The van der Waals surface area contributed by atoms with E-state index in [2.05, 4.69) is 30.9 Å². The van der Waals surface area contributed by atoms with Crippen LogP contribution in [0.1, 0.15) is 27.7 Å². The highest BCUT2D eigenvalue weighted by molar-refractivity contribution is 5.83. The Kier molecular flexibility index (Phi) is 11.6. The molecule has 0 unspecified atom stereocenters. The van der Waals surface area contributed by atoms with Crippen LogP contribution in [0, 0.1) is 0 Å². The van der Waals surface area contributed by atoms with Crippen molar-refractivity contribution in [2.24, 2.45) is 10.9 Å². The molecule has 0 aromatic carbocycles. The van der Waals surface area contributed by atoms with E-state index in [4.69, 9.17) is 5.84 Å². The second-order valence-electron chi connectivity index (χ2n) is 2.89. The summed E-state index contributed by atoms with van der Waals surface area (Å²) < 4.78 is 0. The van der Waals surface area contributed by atoms with Crippen molar-refractivity contribution in [1.29, 1.82) is 0 Å². The van der Waals surface area contributed by atoms with Gasteiger partial charge in [-0.05, 0) is 20.5 Å². The van der Waals surface area contributed by atoms with E-state index in [1.54, 1.807) is 0 Å². The van der Waals surface area contributed by atoms with Gasteiger partial charge in [-0.1, -0.05) is 20.8 Å². The molecule has 0 amide bonds. The third kappa shape index (κ3) is 6.71. The van der Waals surface area contributed by atoms with Crippen molar-refractivity contribution in [3.63, 3.8) is 0 Å². The van der Waals surface area contributed by atoms with Crippen molar-refractivity contribution in [2.45, 2.75) is 27.7 Å². The van der Waals surface area contributed by atoms with E-state index in [1.807, 2.05) is 25.8 Å². The SMILES string of the molecule is CC.CCN(C)C/C(=N/N)N(C)CC. The van der Waals surface area contributed by atoms with Gasteiger partial charge in [0.15, 0.2) is 0 Å². The lowest BCUT2D eigenvalue weighted by atomic mass is 10.4. The predicted molar refractivity (Wildman–Crippen MR) is 64.4 cm³/mol. The Balaban J connectivity index is 0. The average Bonchev–Trinajstić information content (AvgIpc) is 2.27. The van der Waals surface area contributed by atoms with Gasteiger partial charge in [-0.25, -0.2) is 0 Å². The fourth-order valence-electron chi connectivity index (χ4n) is 0.796. The van der Waals surface area contributed by atoms with Crippen molar-refractivity contribution >= 4 is 5.84 Å². The molecule has 4 nitrogen and oxygen atoms in total. The van der Waals surface area contributed by atoms with Crippen LogP contribution in [0.15, 0.2) is 5.10 Å². The Bertz CT molecular complexity index is 145. The van der Waals surface area contributed by atoms with Gasteiger partial charge in [0.05, 0.1) is 6.54 Å². The van der Waals surface area contributed by atoms with E-state index in [0.717, 1.165) is 25.5 Å². The van der Waals surface area contributed by atoms with Crippen LogP contribution in [0.5, 0.6) is 0 Å². The molecule has 0 aliphatic rings. The minimum atomic E-state index is 0.817. The van der Waals surface area contributed by atoms with Gasteiger partial charge in [0, 0.05) is 13.6 Å². The molecule has 14 heavy (non-hydrogen) atoms. The van der Waals surface area contributed by atoms with Gasteiger partial charge < -0.3 is 10.7 Å². The third-order valence-corrected chi connectivity index (χ3v) is 2.02. The molecule has 0 aromatic rings. The number of rotatable bonds is 4. The molecule has 2 N–H and O–H groups in total. The molecule has 0 radical (unpaired) electrons. The third-order valence-electron chi connectivity index (χ3n) is 2.02. The van der Waals surface area contributed by atoms with Crippen molar-refractivity contribution in [3.8, 4) is 0 Å². The topological polar surface area (TPSA) is 44.9 Å². The van der Waals surface area contributed by atoms with E-state index < -0.39 is 0 Å². The number of likely N-dealkylation sites (N-methyl/N-ethyl adjacent to an activating group) is 2. The zero-order valence-corrected chi connectivity index (χ0v) is 10.5. The van der Waals surface area contributed by atoms with E-state index in [0.29, 0.717) is 0 Å². The molecule has 0 saturated carbocycles. The number of hydrogen-bond donors (Lipinski definition) is 1. The summed E-state index contributed by atoms with van der Waals surface area (Å²) in [6.45, 7) is 11.0. The smallest absolute Gasteiger partial charge is 0.138 e. The summed E-state index contributed by atoms with van der Waals surface area (Å²) in [4.78, 5) is 4.21. The summed E-state index contributed by atoms with van der Waals surface area (Å²) in [5.41, 5.74) is 0. The van der Waals surface area contributed by atoms with Crippen molar-refractivity contribution < 1.29 is 0 Å². The molecule has 0 spiro atoms. The lowest BCUT2D eigenvalue weighted by Crippen LogP contribution is -2.37. The highest BCUT2D eigenvalue weighted by atomic mass is 15.3.